The molecule has 0 radical (unpaired) electrons. The third-order valence-electron chi connectivity index (χ3n) is 3.74. The van der Waals surface area contributed by atoms with Gasteiger partial charge in [0, 0.05) is 23.8 Å². The quantitative estimate of drug-likeness (QED) is 0.814. The van der Waals surface area contributed by atoms with Crippen LogP contribution < -0.4 is 11.1 Å². The van der Waals surface area contributed by atoms with Gasteiger partial charge < -0.3 is 11.1 Å². The van der Waals surface area contributed by atoms with Gasteiger partial charge in [-0.1, -0.05) is 18.6 Å². The van der Waals surface area contributed by atoms with Gasteiger partial charge in [-0.2, -0.15) is 0 Å². The first-order valence-electron chi connectivity index (χ1n) is 6.69. The first kappa shape index (κ1) is 15.9. The van der Waals surface area contributed by atoms with Gasteiger partial charge in [-0.25, -0.2) is 8.42 Å². The van der Waals surface area contributed by atoms with E-state index in [0.29, 0.717) is 10.6 Å². The highest BCUT2D eigenvalue weighted by atomic mass is 32.2. The Morgan fingerprint density at radius 1 is 1.29 bits per heavy atom. The van der Waals surface area contributed by atoms with Crippen molar-refractivity contribution in [1.82, 2.24) is 5.32 Å². The van der Waals surface area contributed by atoms with Gasteiger partial charge in [-0.3, -0.25) is 4.79 Å². The van der Waals surface area contributed by atoms with Gasteiger partial charge in [0.05, 0.1) is 9.88 Å². The largest absolute Gasteiger partial charge is 0.393 e. The van der Waals surface area contributed by atoms with Crippen LogP contribution in [0.1, 0.15) is 29.6 Å². The number of benzene rings is 1. The number of hydrogen-bond acceptors (Lipinski definition) is 4. The molecule has 1 amide bonds. The van der Waals surface area contributed by atoms with Crippen molar-refractivity contribution in [2.24, 2.45) is 11.7 Å². The molecule has 2 rings (SSSR count). The Labute approximate surface area is 129 Å². The van der Waals surface area contributed by atoms with Gasteiger partial charge in [-0.15, -0.1) is 0 Å². The Hall–Kier alpha value is -1.47. The highest BCUT2D eigenvalue weighted by Crippen LogP contribution is 2.26. The lowest BCUT2D eigenvalue weighted by Crippen LogP contribution is -2.41. The second-order valence-electron chi connectivity index (χ2n) is 5.32. The summed E-state index contributed by atoms with van der Waals surface area (Å²) in [6.45, 7) is 0. The molecule has 1 aromatic rings. The highest BCUT2D eigenvalue weighted by Gasteiger charge is 2.30. The van der Waals surface area contributed by atoms with Crippen LogP contribution in [0.2, 0.25) is 0 Å². The van der Waals surface area contributed by atoms with Crippen molar-refractivity contribution in [1.29, 1.82) is 0 Å². The maximum atomic E-state index is 12.2. The number of carbonyl (C=O) groups is 1. The van der Waals surface area contributed by atoms with E-state index in [2.05, 4.69) is 5.32 Å². The van der Waals surface area contributed by atoms with E-state index in [1.807, 2.05) is 0 Å². The fourth-order valence-corrected chi connectivity index (χ4v) is 3.49. The van der Waals surface area contributed by atoms with Crippen molar-refractivity contribution in [3.05, 3.63) is 29.8 Å². The Kier molecular flexibility index (Phi) is 4.63. The summed E-state index contributed by atoms with van der Waals surface area (Å²) >= 11 is 5.02. The van der Waals surface area contributed by atoms with E-state index in [0.717, 1.165) is 25.5 Å². The molecule has 0 saturated heterocycles. The van der Waals surface area contributed by atoms with Gasteiger partial charge in [0.25, 0.3) is 5.91 Å². The standard InChI is InChI=1S/C14H18N2O3S2/c1-21(18,19)10-7-5-9(6-8-10)14(17)16-12-4-2-3-11(12)13(15)20/h5-8,11-12H,2-4H2,1H3,(H2,15,20)(H,16,17). The Balaban J connectivity index is 2.09. The molecule has 3 N–H and O–H groups in total. The monoisotopic (exact) mass is 326 g/mol. The topological polar surface area (TPSA) is 89.3 Å². The van der Waals surface area contributed by atoms with Crippen molar-refractivity contribution in [3.63, 3.8) is 0 Å². The average Bonchev–Trinajstić information content (AvgIpc) is 2.86. The Morgan fingerprint density at radius 2 is 1.90 bits per heavy atom. The van der Waals surface area contributed by atoms with Crippen molar-refractivity contribution in [2.75, 3.05) is 6.26 Å². The number of hydrogen-bond donors (Lipinski definition) is 2. The molecular weight excluding hydrogens is 308 g/mol. The molecule has 114 valence electrons. The summed E-state index contributed by atoms with van der Waals surface area (Å²) < 4.78 is 22.8. The molecule has 7 heteroatoms. The SMILES string of the molecule is CS(=O)(=O)c1ccc(C(=O)NC2CCCC2C(N)=S)cc1. The fourth-order valence-electron chi connectivity index (χ4n) is 2.58. The van der Waals surface area contributed by atoms with E-state index < -0.39 is 9.84 Å². The number of nitrogens with one attached hydrogen (secondary N) is 1. The number of thiocarbonyl (C=S) groups is 1. The van der Waals surface area contributed by atoms with Crippen molar-refractivity contribution >= 4 is 33.0 Å². The molecule has 1 saturated carbocycles. The van der Waals surface area contributed by atoms with E-state index in [9.17, 15) is 13.2 Å². The minimum atomic E-state index is -3.25. The molecule has 21 heavy (non-hydrogen) atoms. The lowest BCUT2D eigenvalue weighted by Gasteiger charge is -2.20. The lowest BCUT2D eigenvalue weighted by molar-refractivity contribution is 0.0933. The summed E-state index contributed by atoms with van der Waals surface area (Å²) in [5.41, 5.74) is 6.11. The predicted molar refractivity (Wildman–Crippen MR) is 84.9 cm³/mol. The fraction of sp³-hybridized carbons (Fsp3) is 0.429. The van der Waals surface area contributed by atoms with Crippen LogP contribution in [0.25, 0.3) is 0 Å². The molecule has 1 aliphatic carbocycles. The van der Waals surface area contributed by atoms with E-state index >= 15 is 0 Å². The molecule has 0 bridgehead atoms. The molecule has 2 unspecified atom stereocenters. The van der Waals surface area contributed by atoms with Crippen molar-refractivity contribution < 1.29 is 13.2 Å². The van der Waals surface area contributed by atoms with E-state index in [4.69, 9.17) is 18.0 Å². The third-order valence-corrected chi connectivity index (χ3v) is 5.17. The summed E-state index contributed by atoms with van der Waals surface area (Å²) in [6, 6.07) is 5.85. The predicted octanol–water partition coefficient (Wildman–Crippen LogP) is 1.27. The minimum Gasteiger partial charge on any atom is -0.393 e. The zero-order valence-electron chi connectivity index (χ0n) is 11.7. The lowest BCUT2D eigenvalue weighted by atomic mass is 10.0. The molecule has 0 aromatic heterocycles. The highest BCUT2D eigenvalue weighted by molar-refractivity contribution is 7.90. The number of carbonyl (C=O) groups excluding carboxylic acids is 1. The first-order chi connectivity index (χ1) is 9.79. The molecule has 0 spiro atoms. The molecular formula is C14H18N2O3S2. The second-order valence-corrected chi connectivity index (χ2v) is 7.80. The molecule has 1 fully saturated rings. The maximum Gasteiger partial charge on any atom is 0.251 e. The van der Waals surface area contributed by atoms with Crippen LogP contribution in [-0.4, -0.2) is 31.6 Å². The molecule has 5 nitrogen and oxygen atoms in total. The first-order valence-corrected chi connectivity index (χ1v) is 8.99. The summed E-state index contributed by atoms with van der Waals surface area (Å²) in [7, 11) is -3.25. The zero-order chi connectivity index (χ0) is 15.6. The molecule has 1 aliphatic rings. The summed E-state index contributed by atoms with van der Waals surface area (Å²) in [5.74, 6) is -0.192. The van der Waals surface area contributed by atoms with Gasteiger partial charge >= 0.3 is 0 Å². The molecule has 0 aliphatic heterocycles. The van der Waals surface area contributed by atoms with Crippen molar-refractivity contribution in [2.45, 2.75) is 30.2 Å². The summed E-state index contributed by atoms with van der Waals surface area (Å²) in [4.78, 5) is 12.8. The molecule has 0 heterocycles. The number of amides is 1. The van der Waals surface area contributed by atoms with Gasteiger partial charge in [0.2, 0.25) is 0 Å². The molecule has 2 atom stereocenters. The molecule has 1 aromatic carbocycles. The van der Waals surface area contributed by atoms with Crippen LogP contribution in [0.5, 0.6) is 0 Å². The average molecular weight is 326 g/mol. The number of rotatable bonds is 4. The summed E-state index contributed by atoms with van der Waals surface area (Å²) in [5, 5.41) is 2.93. The van der Waals surface area contributed by atoms with Gasteiger partial charge in [0.15, 0.2) is 9.84 Å². The minimum absolute atomic E-state index is 0.0374. The maximum absolute atomic E-state index is 12.2. The smallest absolute Gasteiger partial charge is 0.251 e. The Bertz CT molecular complexity index is 653. The zero-order valence-corrected chi connectivity index (χ0v) is 13.3. The number of sulfone groups is 1. The van der Waals surface area contributed by atoms with Crippen LogP contribution >= 0.6 is 12.2 Å². The second kappa shape index (κ2) is 6.11. The normalized spacial score (nSPS) is 22.0. The Morgan fingerprint density at radius 3 is 2.43 bits per heavy atom. The van der Waals surface area contributed by atoms with E-state index in [-0.39, 0.29) is 22.8 Å². The summed E-state index contributed by atoms with van der Waals surface area (Å²) in [6.07, 6.45) is 3.87. The van der Waals surface area contributed by atoms with E-state index in [1.165, 1.54) is 24.3 Å². The van der Waals surface area contributed by atoms with Crippen molar-refractivity contribution in [3.8, 4) is 0 Å². The van der Waals surface area contributed by atoms with E-state index in [1.54, 1.807) is 0 Å². The van der Waals surface area contributed by atoms with Gasteiger partial charge in [-0.05, 0) is 37.1 Å². The van der Waals surface area contributed by atoms with Crippen LogP contribution in [0.3, 0.4) is 0 Å². The number of nitrogens with two attached hydrogens (primary N) is 1. The van der Waals surface area contributed by atoms with Crippen LogP contribution in [-0.2, 0) is 9.84 Å². The van der Waals surface area contributed by atoms with Gasteiger partial charge in [0.1, 0.15) is 0 Å². The van der Waals surface area contributed by atoms with Crippen LogP contribution in [0, 0.1) is 5.92 Å². The third kappa shape index (κ3) is 3.79. The van der Waals surface area contributed by atoms with Crippen LogP contribution in [0.15, 0.2) is 29.2 Å². The van der Waals surface area contributed by atoms with Crippen LogP contribution in [0.4, 0.5) is 0 Å².